The predicted octanol–water partition coefficient (Wildman–Crippen LogP) is 2.56. The number of rotatable bonds is 3. The average molecular weight is 310 g/mol. The normalized spacial score (nSPS) is 15.0. The van der Waals surface area contributed by atoms with Gasteiger partial charge >= 0.3 is 5.97 Å². The number of carbonyl (C=O) groups is 2. The SMILES string of the molecule is CCOC(=O)C1=C(O)CCN(C(=O)c2ccc(Cl)cc2)C1. The first kappa shape index (κ1) is 15.4. The molecule has 0 aliphatic carbocycles. The number of halogens is 1. The zero-order valence-electron chi connectivity index (χ0n) is 11.6. The minimum Gasteiger partial charge on any atom is -0.512 e. The number of amides is 1. The zero-order chi connectivity index (χ0) is 15.4. The third-order valence-electron chi connectivity index (χ3n) is 3.22. The first-order valence-corrected chi connectivity index (χ1v) is 7.03. The maximum Gasteiger partial charge on any atom is 0.339 e. The molecule has 112 valence electrons. The lowest BCUT2D eigenvalue weighted by Gasteiger charge is -2.28. The molecule has 0 radical (unpaired) electrons. The van der Waals surface area contributed by atoms with Gasteiger partial charge in [0.15, 0.2) is 0 Å². The Morgan fingerprint density at radius 1 is 1.33 bits per heavy atom. The third-order valence-corrected chi connectivity index (χ3v) is 3.47. The summed E-state index contributed by atoms with van der Waals surface area (Å²) in [6.45, 7) is 2.32. The van der Waals surface area contributed by atoms with E-state index in [1.165, 1.54) is 4.90 Å². The fourth-order valence-corrected chi connectivity index (χ4v) is 2.23. The van der Waals surface area contributed by atoms with Crippen molar-refractivity contribution in [3.63, 3.8) is 0 Å². The largest absolute Gasteiger partial charge is 0.512 e. The molecular weight excluding hydrogens is 294 g/mol. The van der Waals surface area contributed by atoms with Gasteiger partial charge in [-0.05, 0) is 31.2 Å². The Kier molecular flexibility index (Phi) is 4.85. The molecule has 21 heavy (non-hydrogen) atoms. The van der Waals surface area contributed by atoms with Gasteiger partial charge in [-0.25, -0.2) is 4.79 Å². The summed E-state index contributed by atoms with van der Waals surface area (Å²) in [4.78, 5) is 25.6. The van der Waals surface area contributed by atoms with Crippen LogP contribution >= 0.6 is 11.6 Å². The van der Waals surface area contributed by atoms with Gasteiger partial charge in [0.05, 0.1) is 18.7 Å². The topological polar surface area (TPSA) is 66.8 Å². The lowest BCUT2D eigenvalue weighted by atomic mass is 10.1. The van der Waals surface area contributed by atoms with E-state index < -0.39 is 5.97 Å². The molecule has 0 saturated heterocycles. The molecule has 1 aliphatic rings. The van der Waals surface area contributed by atoms with E-state index in [-0.39, 0.29) is 36.8 Å². The van der Waals surface area contributed by atoms with E-state index in [9.17, 15) is 14.7 Å². The van der Waals surface area contributed by atoms with Gasteiger partial charge in [-0.2, -0.15) is 0 Å². The van der Waals surface area contributed by atoms with Crippen LogP contribution in [0.3, 0.4) is 0 Å². The van der Waals surface area contributed by atoms with E-state index in [0.717, 1.165) is 0 Å². The number of ether oxygens (including phenoxy) is 1. The predicted molar refractivity (Wildman–Crippen MR) is 78.3 cm³/mol. The third kappa shape index (κ3) is 3.55. The number of hydrogen-bond acceptors (Lipinski definition) is 4. The highest BCUT2D eigenvalue weighted by molar-refractivity contribution is 6.30. The second kappa shape index (κ2) is 6.63. The molecule has 0 unspecified atom stereocenters. The summed E-state index contributed by atoms with van der Waals surface area (Å²) in [5, 5.41) is 10.3. The van der Waals surface area contributed by atoms with Crippen LogP contribution in [-0.4, -0.2) is 41.6 Å². The van der Waals surface area contributed by atoms with Crippen molar-refractivity contribution in [3.05, 3.63) is 46.2 Å². The van der Waals surface area contributed by atoms with Gasteiger partial charge in [0.25, 0.3) is 5.91 Å². The number of aliphatic hydroxyl groups excluding tert-OH is 1. The molecule has 0 bridgehead atoms. The summed E-state index contributed by atoms with van der Waals surface area (Å²) in [5.74, 6) is -0.793. The number of hydrogen-bond donors (Lipinski definition) is 1. The summed E-state index contributed by atoms with van der Waals surface area (Å²) in [6, 6.07) is 6.54. The highest BCUT2D eigenvalue weighted by atomic mass is 35.5. The Bertz CT molecular complexity index is 580. The van der Waals surface area contributed by atoms with Crippen molar-refractivity contribution in [1.82, 2.24) is 4.90 Å². The summed E-state index contributed by atoms with van der Waals surface area (Å²) < 4.78 is 4.89. The lowest BCUT2D eigenvalue weighted by Crippen LogP contribution is -2.39. The standard InChI is InChI=1S/C15H16ClNO4/c1-2-21-15(20)12-9-17(8-7-13(12)18)14(19)10-3-5-11(16)6-4-10/h3-6,18H,2,7-9H2,1H3. The van der Waals surface area contributed by atoms with Crippen molar-refractivity contribution in [1.29, 1.82) is 0 Å². The molecule has 0 fully saturated rings. The van der Waals surface area contributed by atoms with Crippen LogP contribution < -0.4 is 0 Å². The van der Waals surface area contributed by atoms with Gasteiger partial charge in [-0.15, -0.1) is 0 Å². The van der Waals surface area contributed by atoms with E-state index in [4.69, 9.17) is 16.3 Å². The van der Waals surface area contributed by atoms with Crippen LogP contribution in [0.5, 0.6) is 0 Å². The Morgan fingerprint density at radius 3 is 2.62 bits per heavy atom. The number of esters is 1. The Labute approximate surface area is 127 Å². The van der Waals surface area contributed by atoms with Gasteiger partial charge in [0.2, 0.25) is 0 Å². The minimum absolute atomic E-state index is 0.00592. The molecule has 5 nitrogen and oxygen atoms in total. The van der Waals surface area contributed by atoms with E-state index >= 15 is 0 Å². The highest BCUT2D eigenvalue weighted by Gasteiger charge is 2.28. The van der Waals surface area contributed by atoms with Gasteiger partial charge in [-0.1, -0.05) is 11.6 Å². The van der Waals surface area contributed by atoms with Gasteiger partial charge < -0.3 is 14.7 Å². The smallest absolute Gasteiger partial charge is 0.339 e. The van der Waals surface area contributed by atoms with Crippen LogP contribution in [0.2, 0.25) is 5.02 Å². The van der Waals surface area contributed by atoms with Crippen LogP contribution in [0.25, 0.3) is 0 Å². The van der Waals surface area contributed by atoms with Gasteiger partial charge in [0, 0.05) is 23.6 Å². The molecule has 0 atom stereocenters. The van der Waals surface area contributed by atoms with E-state index in [1.807, 2.05) is 0 Å². The fourth-order valence-electron chi connectivity index (χ4n) is 2.10. The van der Waals surface area contributed by atoms with Crippen LogP contribution in [0, 0.1) is 0 Å². The van der Waals surface area contributed by atoms with Crippen molar-refractivity contribution in [3.8, 4) is 0 Å². The molecule has 1 amide bonds. The van der Waals surface area contributed by atoms with E-state index in [2.05, 4.69) is 0 Å². The molecule has 0 spiro atoms. The van der Waals surface area contributed by atoms with Crippen molar-refractivity contribution in [2.24, 2.45) is 0 Å². The second-order valence-corrected chi connectivity index (χ2v) is 5.07. The van der Waals surface area contributed by atoms with Crippen molar-refractivity contribution >= 4 is 23.5 Å². The molecule has 1 aliphatic heterocycles. The van der Waals surface area contributed by atoms with E-state index in [1.54, 1.807) is 31.2 Å². The van der Waals surface area contributed by atoms with Gasteiger partial charge in [0.1, 0.15) is 5.76 Å². The summed E-state index contributed by atoms with van der Waals surface area (Å²) in [5.41, 5.74) is 0.634. The fraction of sp³-hybridized carbons (Fsp3) is 0.333. The Hall–Kier alpha value is -2.01. The maximum absolute atomic E-state index is 12.4. The number of benzene rings is 1. The van der Waals surface area contributed by atoms with Crippen LogP contribution in [0.4, 0.5) is 0 Å². The van der Waals surface area contributed by atoms with Crippen molar-refractivity contribution in [2.45, 2.75) is 13.3 Å². The quantitative estimate of drug-likeness (QED) is 0.871. The number of aliphatic hydroxyl groups is 1. The highest BCUT2D eigenvalue weighted by Crippen LogP contribution is 2.20. The molecule has 1 aromatic rings. The summed E-state index contributed by atoms with van der Waals surface area (Å²) in [6.07, 6.45) is 0.244. The van der Waals surface area contributed by atoms with Crippen molar-refractivity contribution < 1.29 is 19.4 Å². The molecule has 1 N–H and O–H groups in total. The van der Waals surface area contributed by atoms with Crippen LogP contribution in [0.15, 0.2) is 35.6 Å². The Morgan fingerprint density at radius 2 is 2.00 bits per heavy atom. The molecular formula is C15H16ClNO4. The lowest BCUT2D eigenvalue weighted by molar-refractivity contribution is -0.139. The van der Waals surface area contributed by atoms with E-state index in [0.29, 0.717) is 17.1 Å². The first-order chi connectivity index (χ1) is 10.0. The zero-order valence-corrected chi connectivity index (χ0v) is 12.4. The second-order valence-electron chi connectivity index (χ2n) is 4.63. The maximum atomic E-state index is 12.4. The number of carbonyl (C=O) groups excluding carboxylic acids is 2. The van der Waals surface area contributed by atoms with Gasteiger partial charge in [-0.3, -0.25) is 4.79 Å². The minimum atomic E-state index is -0.580. The average Bonchev–Trinajstić information content (AvgIpc) is 2.48. The molecule has 0 saturated carbocycles. The molecule has 1 heterocycles. The molecule has 1 aromatic carbocycles. The molecule has 0 aromatic heterocycles. The summed E-state index contributed by atoms with van der Waals surface area (Å²) >= 11 is 5.79. The monoisotopic (exact) mass is 309 g/mol. The van der Waals surface area contributed by atoms with Crippen LogP contribution in [0.1, 0.15) is 23.7 Å². The first-order valence-electron chi connectivity index (χ1n) is 6.66. The number of nitrogens with zero attached hydrogens (tertiary/aromatic N) is 1. The summed E-state index contributed by atoms with van der Waals surface area (Å²) in [7, 11) is 0. The van der Waals surface area contributed by atoms with Crippen LogP contribution in [-0.2, 0) is 9.53 Å². The Balaban J connectivity index is 2.14. The molecule has 2 rings (SSSR count). The van der Waals surface area contributed by atoms with Crippen molar-refractivity contribution in [2.75, 3.05) is 19.7 Å². The molecule has 6 heteroatoms.